The van der Waals surface area contributed by atoms with Crippen molar-refractivity contribution >= 4 is 6.09 Å². The van der Waals surface area contributed by atoms with E-state index in [9.17, 15) is 9.90 Å². The fourth-order valence-electron chi connectivity index (χ4n) is 1.99. The highest BCUT2D eigenvalue weighted by molar-refractivity contribution is 5.68. The summed E-state index contributed by atoms with van der Waals surface area (Å²) >= 11 is 0. The van der Waals surface area contributed by atoms with E-state index in [-0.39, 0.29) is 24.2 Å². The van der Waals surface area contributed by atoms with Crippen molar-refractivity contribution in [2.24, 2.45) is 5.92 Å². The number of aliphatic hydroxyl groups excluding tert-OH is 1. The van der Waals surface area contributed by atoms with Crippen LogP contribution in [-0.2, 0) is 4.74 Å². The minimum Gasteiger partial charge on any atom is -0.444 e. The zero-order valence-electron chi connectivity index (χ0n) is 10.6. The van der Waals surface area contributed by atoms with Gasteiger partial charge < -0.3 is 15.2 Å². The second-order valence-electron chi connectivity index (χ2n) is 5.70. The number of hydrogen-bond acceptors (Lipinski definition) is 3. The first-order chi connectivity index (χ1) is 7.28. The van der Waals surface area contributed by atoms with Gasteiger partial charge in [0, 0.05) is 6.04 Å². The molecule has 2 N–H and O–H groups in total. The van der Waals surface area contributed by atoms with Crippen LogP contribution >= 0.6 is 0 Å². The molecule has 1 fully saturated rings. The Hall–Kier alpha value is -0.770. The maximum absolute atomic E-state index is 11.5. The molecule has 1 aliphatic rings. The van der Waals surface area contributed by atoms with Crippen LogP contribution < -0.4 is 5.32 Å². The van der Waals surface area contributed by atoms with Gasteiger partial charge in [-0.3, -0.25) is 0 Å². The van der Waals surface area contributed by atoms with E-state index < -0.39 is 5.60 Å². The molecule has 1 rings (SSSR count). The largest absolute Gasteiger partial charge is 0.444 e. The second kappa shape index (κ2) is 5.04. The van der Waals surface area contributed by atoms with Crippen molar-refractivity contribution in [3.63, 3.8) is 0 Å². The molecular formula is C12H23NO3. The van der Waals surface area contributed by atoms with E-state index in [1.54, 1.807) is 0 Å². The van der Waals surface area contributed by atoms with Crippen molar-refractivity contribution in [3.05, 3.63) is 0 Å². The molecule has 0 saturated heterocycles. The smallest absolute Gasteiger partial charge is 0.407 e. The van der Waals surface area contributed by atoms with Gasteiger partial charge in [-0.25, -0.2) is 4.79 Å². The van der Waals surface area contributed by atoms with E-state index >= 15 is 0 Å². The van der Waals surface area contributed by atoms with E-state index in [1.165, 1.54) is 0 Å². The van der Waals surface area contributed by atoms with E-state index in [1.807, 2.05) is 27.7 Å². The van der Waals surface area contributed by atoms with Crippen LogP contribution in [0.25, 0.3) is 0 Å². The van der Waals surface area contributed by atoms with E-state index in [4.69, 9.17) is 4.74 Å². The molecule has 1 saturated carbocycles. The van der Waals surface area contributed by atoms with Crippen LogP contribution in [0.2, 0.25) is 0 Å². The van der Waals surface area contributed by atoms with Gasteiger partial charge in [0.15, 0.2) is 0 Å². The average molecular weight is 229 g/mol. The topological polar surface area (TPSA) is 58.6 Å². The fourth-order valence-corrected chi connectivity index (χ4v) is 1.99. The molecule has 0 aromatic rings. The highest BCUT2D eigenvalue weighted by Gasteiger charge is 2.28. The highest BCUT2D eigenvalue weighted by atomic mass is 16.6. The number of aliphatic hydroxyl groups is 1. The molecule has 3 atom stereocenters. The molecule has 4 nitrogen and oxygen atoms in total. The lowest BCUT2D eigenvalue weighted by Crippen LogP contribution is -2.43. The average Bonchev–Trinajstić information content (AvgIpc) is 2.08. The second-order valence-corrected chi connectivity index (χ2v) is 5.70. The maximum atomic E-state index is 11.5. The number of alkyl carbamates (subject to hydrolysis) is 1. The normalized spacial score (nSPS) is 30.9. The molecule has 0 bridgehead atoms. The van der Waals surface area contributed by atoms with Crippen LogP contribution in [0.15, 0.2) is 0 Å². The van der Waals surface area contributed by atoms with Gasteiger partial charge in [-0.05, 0) is 46.0 Å². The summed E-state index contributed by atoms with van der Waals surface area (Å²) in [6.45, 7) is 7.55. The summed E-state index contributed by atoms with van der Waals surface area (Å²) in [7, 11) is 0. The summed E-state index contributed by atoms with van der Waals surface area (Å²) in [5.74, 6) is 0.244. The summed E-state index contributed by atoms with van der Waals surface area (Å²) in [4.78, 5) is 11.5. The van der Waals surface area contributed by atoms with Crippen LogP contribution in [0.5, 0.6) is 0 Å². The Morgan fingerprint density at radius 3 is 2.50 bits per heavy atom. The third kappa shape index (κ3) is 4.39. The molecule has 16 heavy (non-hydrogen) atoms. The van der Waals surface area contributed by atoms with Gasteiger partial charge in [0.1, 0.15) is 5.60 Å². The van der Waals surface area contributed by atoms with E-state index in [2.05, 4.69) is 5.32 Å². The quantitative estimate of drug-likeness (QED) is 0.723. The standard InChI is InChI=1S/C12H23NO3/c1-8-7-9(5-6-10(8)14)13-11(15)16-12(2,3)4/h8-10,14H,5-7H2,1-4H3,(H,13,15)/t8-,9-,10-/m0/s1. The van der Waals surface area contributed by atoms with Crippen molar-refractivity contribution in [2.45, 2.75) is 64.7 Å². The lowest BCUT2D eigenvalue weighted by molar-refractivity contribution is 0.0382. The molecule has 94 valence electrons. The van der Waals surface area contributed by atoms with Crippen LogP contribution in [0.3, 0.4) is 0 Å². The summed E-state index contributed by atoms with van der Waals surface area (Å²) in [5.41, 5.74) is -0.454. The van der Waals surface area contributed by atoms with Crippen molar-refractivity contribution in [1.82, 2.24) is 5.32 Å². The van der Waals surface area contributed by atoms with Crippen LogP contribution in [-0.4, -0.2) is 28.9 Å². The molecule has 0 heterocycles. The number of hydrogen-bond donors (Lipinski definition) is 2. The predicted octanol–water partition coefficient (Wildman–Crippen LogP) is 2.06. The minimum absolute atomic E-state index is 0.133. The zero-order chi connectivity index (χ0) is 12.3. The van der Waals surface area contributed by atoms with Gasteiger partial charge >= 0.3 is 6.09 Å². The van der Waals surface area contributed by atoms with Gasteiger partial charge in [0.05, 0.1) is 6.10 Å². The minimum atomic E-state index is -0.454. The third-order valence-electron chi connectivity index (χ3n) is 2.84. The number of carbonyl (C=O) groups excluding carboxylic acids is 1. The SMILES string of the molecule is C[C@H]1C[C@@H](NC(=O)OC(C)(C)C)CC[C@@H]1O. The Balaban J connectivity index is 2.35. The van der Waals surface area contributed by atoms with E-state index in [0.717, 1.165) is 19.3 Å². The maximum Gasteiger partial charge on any atom is 0.407 e. The molecule has 0 radical (unpaired) electrons. The van der Waals surface area contributed by atoms with Crippen molar-refractivity contribution in [1.29, 1.82) is 0 Å². The monoisotopic (exact) mass is 229 g/mol. The number of carbonyl (C=O) groups is 1. The van der Waals surface area contributed by atoms with Gasteiger partial charge in [0.25, 0.3) is 0 Å². The summed E-state index contributed by atoms with van der Waals surface area (Å²) in [6.07, 6.45) is 1.81. The van der Waals surface area contributed by atoms with Crippen LogP contribution in [0.1, 0.15) is 47.0 Å². The number of ether oxygens (including phenoxy) is 1. The molecule has 0 unspecified atom stereocenters. The fraction of sp³-hybridized carbons (Fsp3) is 0.917. The highest BCUT2D eigenvalue weighted by Crippen LogP contribution is 2.24. The Labute approximate surface area is 97.4 Å². The number of nitrogens with one attached hydrogen (secondary N) is 1. The Kier molecular flexibility index (Phi) is 4.19. The van der Waals surface area contributed by atoms with Gasteiger partial charge in [-0.2, -0.15) is 0 Å². The molecule has 0 aromatic carbocycles. The zero-order valence-corrected chi connectivity index (χ0v) is 10.6. The van der Waals surface area contributed by atoms with Crippen molar-refractivity contribution in [2.75, 3.05) is 0 Å². The first kappa shape index (κ1) is 13.3. The lowest BCUT2D eigenvalue weighted by atomic mass is 9.85. The molecular weight excluding hydrogens is 206 g/mol. The summed E-state index contributed by atoms with van der Waals surface area (Å²) in [6, 6.07) is 0.133. The van der Waals surface area contributed by atoms with Crippen molar-refractivity contribution in [3.8, 4) is 0 Å². The molecule has 1 amide bonds. The van der Waals surface area contributed by atoms with Gasteiger partial charge in [0.2, 0.25) is 0 Å². The van der Waals surface area contributed by atoms with Crippen LogP contribution in [0.4, 0.5) is 4.79 Å². The Morgan fingerprint density at radius 2 is 2.00 bits per heavy atom. The molecule has 0 aliphatic heterocycles. The number of amides is 1. The Bertz CT molecular complexity index is 247. The third-order valence-corrected chi connectivity index (χ3v) is 2.84. The molecule has 0 spiro atoms. The lowest BCUT2D eigenvalue weighted by Gasteiger charge is -2.32. The first-order valence-electron chi connectivity index (χ1n) is 5.95. The van der Waals surface area contributed by atoms with Gasteiger partial charge in [-0.15, -0.1) is 0 Å². The van der Waals surface area contributed by atoms with Gasteiger partial charge in [-0.1, -0.05) is 6.92 Å². The van der Waals surface area contributed by atoms with Crippen LogP contribution in [0, 0.1) is 5.92 Å². The predicted molar refractivity (Wildman–Crippen MR) is 62.2 cm³/mol. The molecule has 1 aliphatic carbocycles. The molecule has 4 heteroatoms. The van der Waals surface area contributed by atoms with E-state index in [0.29, 0.717) is 0 Å². The first-order valence-corrected chi connectivity index (χ1v) is 5.95. The molecule has 0 aromatic heterocycles. The number of rotatable bonds is 1. The summed E-state index contributed by atoms with van der Waals surface area (Å²) in [5, 5.41) is 12.4. The van der Waals surface area contributed by atoms with Crippen molar-refractivity contribution < 1.29 is 14.6 Å². The Morgan fingerprint density at radius 1 is 1.38 bits per heavy atom. The summed E-state index contributed by atoms with van der Waals surface area (Å²) < 4.78 is 5.19.